The fourth-order valence-corrected chi connectivity index (χ4v) is 1.76. The predicted octanol–water partition coefficient (Wildman–Crippen LogP) is 3.92. The Balaban J connectivity index is 2.16. The van der Waals surface area contributed by atoms with E-state index in [4.69, 9.17) is 9.47 Å². The third-order valence-electron chi connectivity index (χ3n) is 2.67. The van der Waals surface area contributed by atoms with E-state index in [1.807, 2.05) is 48.5 Å². The van der Waals surface area contributed by atoms with E-state index in [9.17, 15) is 0 Å². The second-order valence-corrected chi connectivity index (χ2v) is 3.86. The molecule has 0 fully saturated rings. The minimum atomic E-state index is 0.526. The van der Waals surface area contributed by atoms with Crippen molar-refractivity contribution in [3.8, 4) is 11.5 Å². The maximum Gasteiger partial charge on any atom is 0.167 e. The van der Waals surface area contributed by atoms with Crippen LogP contribution in [-0.2, 0) is 6.61 Å². The summed E-state index contributed by atoms with van der Waals surface area (Å²) in [4.78, 5) is 0. The van der Waals surface area contributed by atoms with Crippen LogP contribution in [0.15, 0.2) is 55.1 Å². The molecule has 18 heavy (non-hydrogen) atoms. The minimum Gasteiger partial charge on any atom is -0.492 e. The van der Waals surface area contributed by atoms with Crippen LogP contribution in [0.1, 0.15) is 11.1 Å². The molecule has 2 nitrogen and oxygen atoms in total. The van der Waals surface area contributed by atoms with Crippen LogP contribution in [-0.4, -0.2) is 7.11 Å². The van der Waals surface area contributed by atoms with E-state index in [1.54, 1.807) is 13.2 Å². The van der Waals surface area contributed by atoms with Gasteiger partial charge in [0.15, 0.2) is 11.5 Å². The van der Waals surface area contributed by atoms with Gasteiger partial charge in [-0.25, -0.2) is 0 Å². The SMILES string of the molecule is C=Cc1cccc(OCc2ccccc2)c1OC. The number of methoxy groups -OCH3 is 1. The van der Waals surface area contributed by atoms with Crippen LogP contribution in [0, 0.1) is 0 Å². The van der Waals surface area contributed by atoms with Crippen LogP contribution in [0.5, 0.6) is 11.5 Å². The molecule has 0 atom stereocenters. The quantitative estimate of drug-likeness (QED) is 0.788. The molecule has 2 rings (SSSR count). The summed E-state index contributed by atoms with van der Waals surface area (Å²) in [6.45, 7) is 4.29. The first-order chi connectivity index (χ1) is 8.85. The van der Waals surface area contributed by atoms with Crippen molar-refractivity contribution in [3.05, 3.63) is 66.2 Å². The summed E-state index contributed by atoms with van der Waals surface area (Å²) in [6.07, 6.45) is 1.76. The first-order valence-corrected chi connectivity index (χ1v) is 5.81. The Morgan fingerprint density at radius 3 is 2.50 bits per heavy atom. The molecule has 0 spiro atoms. The Morgan fingerprint density at radius 1 is 1.06 bits per heavy atom. The molecular formula is C16H16O2. The lowest BCUT2D eigenvalue weighted by molar-refractivity contribution is 0.284. The maximum atomic E-state index is 5.78. The molecule has 0 bridgehead atoms. The number of benzene rings is 2. The monoisotopic (exact) mass is 240 g/mol. The lowest BCUT2D eigenvalue weighted by Crippen LogP contribution is -1.98. The van der Waals surface area contributed by atoms with Crippen molar-refractivity contribution in [2.75, 3.05) is 7.11 Å². The molecule has 0 aliphatic heterocycles. The summed E-state index contributed by atoms with van der Waals surface area (Å²) in [7, 11) is 1.64. The lowest BCUT2D eigenvalue weighted by Gasteiger charge is -2.12. The second kappa shape index (κ2) is 5.92. The van der Waals surface area contributed by atoms with Gasteiger partial charge in [0.25, 0.3) is 0 Å². The topological polar surface area (TPSA) is 18.5 Å². The third kappa shape index (κ3) is 2.72. The van der Waals surface area contributed by atoms with Gasteiger partial charge in [-0.3, -0.25) is 0 Å². The first kappa shape index (κ1) is 12.2. The Morgan fingerprint density at radius 2 is 1.83 bits per heavy atom. The van der Waals surface area contributed by atoms with E-state index in [1.165, 1.54) is 0 Å². The lowest BCUT2D eigenvalue weighted by atomic mass is 10.2. The third-order valence-corrected chi connectivity index (χ3v) is 2.67. The Labute approximate surface area is 107 Å². The predicted molar refractivity (Wildman–Crippen MR) is 73.9 cm³/mol. The summed E-state index contributed by atoms with van der Waals surface area (Å²) in [5.74, 6) is 1.46. The van der Waals surface area contributed by atoms with Crippen molar-refractivity contribution in [3.63, 3.8) is 0 Å². The Hall–Kier alpha value is -2.22. The molecule has 0 aliphatic carbocycles. The summed E-state index contributed by atoms with van der Waals surface area (Å²) in [5, 5.41) is 0. The average Bonchev–Trinajstić information content (AvgIpc) is 2.45. The van der Waals surface area contributed by atoms with E-state index in [-0.39, 0.29) is 0 Å². The number of ether oxygens (including phenoxy) is 2. The molecule has 2 aromatic rings. The van der Waals surface area contributed by atoms with E-state index in [0.717, 1.165) is 22.6 Å². The molecule has 2 heteroatoms. The molecule has 0 amide bonds. The van der Waals surface area contributed by atoms with Gasteiger partial charge in [-0.1, -0.05) is 55.1 Å². The zero-order valence-electron chi connectivity index (χ0n) is 10.4. The molecule has 2 aromatic carbocycles. The van der Waals surface area contributed by atoms with Crippen LogP contribution in [0.4, 0.5) is 0 Å². The van der Waals surface area contributed by atoms with Gasteiger partial charge in [-0.2, -0.15) is 0 Å². The van der Waals surface area contributed by atoms with Gasteiger partial charge >= 0.3 is 0 Å². The van der Waals surface area contributed by atoms with E-state index in [0.29, 0.717) is 6.61 Å². The maximum absolute atomic E-state index is 5.78. The summed E-state index contributed by atoms with van der Waals surface area (Å²) < 4.78 is 11.1. The molecule has 0 radical (unpaired) electrons. The van der Waals surface area contributed by atoms with Gasteiger partial charge in [0.2, 0.25) is 0 Å². The van der Waals surface area contributed by atoms with Crippen LogP contribution in [0.25, 0.3) is 6.08 Å². The molecular weight excluding hydrogens is 224 g/mol. The smallest absolute Gasteiger partial charge is 0.167 e. The molecule has 0 saturated heterocycles. The van der Waals surface area contributed by atoms with Gasteiger partial charge in [-0.15, -0.1) is 0 Å². The molecule has 0 heterocycles. The van der Waals surface area contributed by atoms with E-state index >= 15 is 0 Å². The number of rotatable bonds is 5. The number of hydrogen-bond donors (Lipinski definition) is 0. The summed E-state index contributed by atoms with van der Waals surface area (Å²) in [6, 6.07) is 15.8. The highest BCUT2D eigenvalue weighted by molar-refractivity contribution is 5.61. The van der Waals surface area contributed by atoms with Crippen molar-refractivity contribution in [2.45, 2.75) is 6.61 Å². The largest absolute Gasteiger partial charge is 0.492 e. The van der Waals surface area contributed by atoms with Crippen LogP contribution in [0.3, 0.4) is 0 Å². The van der Waals surface area contributed by atoms with Crippen molar-refractivity contribution >= 4 is 6.08 Å². The number of para-hydroxylation sites is 1. The van der Waals surface area contributed by atoms with Crippen molar-refractivity contribution < 1.29 is 9.47 Å². The van der Waals surface area contributed by atoms with Crippen molar-refractivity contribution in [1.82, 2.24) is 0 Å². The van der Waals surface area contributed by atoms with Crippen LogP contribution in [0.2, 0.25) is 0 Å². The number of hydrogen-bond acceptors (Lipinski definition) is 2. The van der Waals surface area contributed by atoms with Gasteiger partial charge < -0.3 is 9.47 Å². The molecule has 0 N–H and O–H groups in total. The first-order valence-electron chi connectivity index (χ1n) is 5.81. The molecule has 0 aliphatic rings. The van der Waals surface area contributed by atoms with Crippen molar-refractivity contribution in [2.24, 2.45) is 0 Å². The van der Waals surface area contributed by atoms with E-state index in [2.05, 4.69) is 6.58 Å². The van der Waals surface area contributed by atoms with Crippen LogP contribution >= 0.6 is 0 Å². The van der Waals surface area contributed by atoms with E-state index < -0.39 is 0 Å². The van der Waals surface area contributed by atoms with Gasteiger partial charge in [0, 0.05) is 5.56 Å². The fraction of sp³-hybridized carbons (Fsp3) is 0.125. The highest BCUT2D eigenvalue weighted by Crippen LogP contribution is 2.32. The van der Waals surface area contributed by atoms with Crippen LogP contribution < -0.4 is 9.47 Å². The zero-order chi connectivity index (χ0) is 12.8. The highest BCUT2D eigenvalue weighted by Gasteiger charge is 2.07. The fourth-order valence-electron chi connectivity index (χ4n) is 1.76. The standard InChI is InChI=1S/C16H16O2/c1-3-14-10-7-11-15(16(14)17-2)18-12-13-8-5-4-6-9-13/h3-11H,1,12H2,2H3. The molecule has 0 aromatic heterocycles. The second-order valence-electron chi connectivity index (χ2n) is 3.86. The Kier molecular flexibility index (Phi) is 4.02. The Bertz CT molecular complexity index is 518. The van der Waals surface area contributed by atoms with Crippen molar-refractivity contribution in [1.29, 1.82) is 0 Å². The normalized spacial score (nSPS) is 9.83. The molecule has 0 unspecified atom stereocenters. The highest BCUT2D eigenvalue weighted by atomic mass is 16.5. The van der Waals surface area contributed by atoms with Gasteiger partial charge in [0.05, 0.1) is 7.11 Å². The summed E-state index contributed by atoms with van der Waals surface area (Å²) in [5.41, 5.74) is 2.06. The van der Waals surface area contributed by atoms with Gasteiger partial charge in [-0.05, 0) is 11.6 Å². The molecule has 0 saturated carbocycles. The zero-order valence-corrected chi connectivity index (χ0v) is 10.4. The minimum absolute atomic E-state index is 0.526. The molecule has 92 valence electrons. The average molecular weight is 240 g/mol. The summed E-state index contributed by atoms with van der Waals surface area (Å²) >= 11 is 0. The van der Waals surface area contributed by atoms with Gasteiger partial charge in [0.1, 0.15) is 6.61 Å².